The van der Waals surface area contributed by atoms with Crippen molar-refractivity contribution in [3.05, 3.63) is 29.9 Å². The van der Waals surface area contributed by atoms with Gasteiger partial charge in [0, 0.05) is 25.8 Å². The Labute approximate surface area is 167 Å². The highest BCUT2D eigenvalue weighted by atomic mass is 32.2. The Balaban J connectivity index is 1.88. The molecule has 3 aromatic rings. The van der Waals surface area contributed by atoms with Crippen molar-refractivity contribution < 1.29 is 18.7 Å². The van der Waals surface area contributed by atoms with Crippen molar-refractivity contribution in [3.8, 4) is 22.9 Å². The fraction of sp³-hybridized carbons (Fsp3) is 0.444. The van der Waals surface area contributed by atoms with E-state index >= 15 is 0 Å². The van der Waals surface area contributed by atoms with Crippen molar-refractivity contribution in [2.24, 2.45) is 0 Å². The number of ether oxygens (including phenoxy) is 3. The van der Waals surface area contributed by atoms with E-state index in [4.69, 9.17) is 18.7 Å². The Morgan fingerprint density at radius 2 is 1.93 bits per heavy atom. The summed E-state index contributed by atoms with van der Waals surface area (Å²) < 4.78 is 23.2. The van der Waals surface area contributed by atoms with Gasteiger partial charge in [0.25, 0.3) is 0 Å². The topological polar surface area (TPSA) is 97.3 Å². The summed E-state index contributed by atoms with van der Waals surface area (Å²) in [6, 6.07) is 5.69. The highest BCUT2D eigenvalue weighted by molar-refractivity contribution is 7.98. The third-order valence-electron chi connectivity index (χ3n) is 3.98. The summed E-state index contributed by atoms with van der Waals surface area (Å²) in [4.78, 5) is 4.23. The van der Waals surface area contributed by atoms with Gasteiger partial charge in [-0.2, -0.15) is 4.98 Å². The van der Waals surface area contributed by atoms with Gasteiger partial charge in [0.15, 0.2) is 28.3 Å². The second-order valence-corrected chi connectivity index (χ2v) is 6.84. The quantitative estimate of drug-likeness (QED) is 0.372. The molecule has 9 nitrogen and oxygen atoms in total. The molecule has 0 aliphatic heterocycles. The van der Waals surface area contributed by atoms with E-state index in [1.54, 1.807) is 28.3 Å². The highest BCUT2D eigenvalue weighted by Gasteiger charge is 2.17. The van der Waals surface area contributed by atoms with E-state index in [-0.39, 0.29) is 0 Å². The molecule has 0 atom stereocenters. The Kier molecular flexibility index (Phi) is 6.88. The molecule has 0 aliphatic carbocycles. The van der Waals surface area contributed by atoms with Crippen LogP contribution in [0.2, 0.25) is 0 Å². The zero-order chi connectivity index (χ0) is 19.9. The molecule has 2 aromatic heterocycles. The van der Waals surface area contributed by atoms with Crippen LogP contribution in [-0.2, 0) is 17.0 Å². The van der Waals surface area contributed by atoms with Gasteiger partial charge in [0.05, 0.1) is 20.0 Å². The van der Waals surface area contributed by atoms with Crippen molar-refractivity contribution in [1.82, 2.24) is 24.9 Å². The van der Waals surface area contributed by atoms with Gasteiger partial charge >= 0.3 is 0 Å². The van der Waals surface area contributed by atoms with Gasteiger partial charge in [0.1, 0.15) is 0 Å². The summed E-state index contributed by atoms with van der Waals surface area (Å²) in [7, 11) is 4.91. The summed E-state index contributed by atoms with van der Waals surface area (Å²) >= 11 is 1.50. The zero-order valence-electron chi connectivity index (χ0n) is 16.3. The van der Waals surface area contributed by atoms with Gasteiger partial charge in [-0.15, -0.1) is 10.2 Å². The Bertz CT molecular complexity index is 911. The van der Waals surface area contributed by atoms with Crippen LogP contribution in [0.4, 0.5) is 0 Å². The molecule has 2 heterocycles. The number of hydrogen-bond donors (Lipinski definition) is 0. The van der Waals surface area contributed by atoms with Gasteiger partial charge in [-0.3, -0.25) is 0 Å². The van der Waals surface area contributed by atoms with E-state index in [0.717, 1.165) is 29.5 Å². The summed E-state index contributed by atoms with van der Waals surface area (Å²) in [5.41, 5.74) is 0.892. The predicted molar refractivity (Wildman–Crippen MR) is 104 cm³/mol. The largest absolute Gasteiger partial charge is 0.493 e. The lowest BCUT2D eigenvalue weighted by Crippen LogP contribution is -2.05. The molecule has 0 unspecified atom stereocenters. The molecule has 10 heteroatoms. The Morgan fingerprint density at radius 3 is 2.61 bits per heavy atom. The summed E-state index contributed by atoms with van der Waals surface area (Å²) in [6.07, 6.45) is 0.835. The molecule has 150 valence electrons. The predicted octanol–water partition coefficient (Wildman–Crippen LogP) is 2.98. The minimum atomic E-state index is 0.523. The minimum Gasteiger partial charge on any atom is -0.493 e. The lowest BCUT2D eigenvalue weighted by atomic mass is 10.2. The number of aromatic nitrogens is 5. The highest BCUT2D eigenvalue weighted by Crippen LogP contribution is 2.33. The van der Waals surface area contributed by atoms with Gasteiger partial charge in [0.2, 0.25) is 5.89 Å². The third-order valence-corrected chi connectivity index (χ3v) is 4.93. The minimum absolute atomic E-state index is 0.523. The van der Waals surface area contributed by atoms with E-state index in [0.29, 0.717) is 35.6 Å². The van der Waals surface area contributed by atoms with Crippen molar-refractivity contribution in [3.63, 3.8) is 0 Å². The first-order chi connectivity index (χ1) is 13.7. The van der Waals surface area contributed by atoms with Crippen molar-refractivity contribution in [2.75, 3.05) is 27.9 Å². The maximum atomic E-state index is 5.42. The molecule has 0 spiro atoms. The molecule has 28 heavy (non-hydrogen) atoms. The number of nitrogens with zero attached hydrogens (tertiary/aromatic N) is 5. The first-order valence-corrected chi connectivity index (χ1v) is 9.71. The fourth-order valence-electron chi connectivity index (χ4n) is 2.68. The normalized spacial score (nSPS) is 11.0. The van der Waals surface area contributed by atoms with Gasteiger partial charge in [-0.25, -0.2) is 0 Å². The smallest absolute Gasteiger partial charge is 0.237 e. The van der Waals surface area contributed by atoms with Crippen LogP contribution in [0.25, 0.3) is 11.4 Å². The number of rotatable bonds is 10. The molecule has 0 bridgehead atoms. The molecule has 1 aromatic carbocycles. The molecule has 3 rings (SSSR count). The summed E-state index contributed by atoms with van der Waals surface area (Å²) in [5, 5.41) is 13.4. The van der Waals surface area contributed by atoms with E-state index in [1.807, 2.05) is 18.2 Å². The standard InChI is InChI=1S/C18H23N5O4S/c1-12-19-16(27-22-12)11-28-18-21-20-17(23(18)8-5-9-24-2)13-6-7-14(25-3)15(10-13)26-4/h6-7,10H,5,8-9,11H2,1-4H3. The lowest BCUT2D eigenvalue weighted by molar-refractivity contribution is 0.189. The molecule has 0 saturated carbocycles. The average molecular weight is 405 g/mol. The molecular formula is C18H23N5O4S. The molecule has 0 amide bonds. The Hall–Kier alpha value is -2.59. The van der Waals surface area contributed by atoms with Crippen molar-refractivity contribution in [1.29, 1.82) is 0 Å². The van der Waals surface area contributed by atoms with Crippen LogP contribution in [0.1, 0.15) is 18.1 Å². The third kappa shape index (κ3) is 4.63. The van der Waals surface area contributed by atoms with Gasteiger partial charge in [-0.05, 0) is 31.5 Å². The van der Waals surface area contributed by atoms with E-state index in [9.17, 15) is 0 Å². The molecular weight excluding hydrogens is 382 g/mol. The lowest BCUT2D eigenvalue weighted by Gasteiger charge is -2.12. The number of thioether (sulfide) groups is 1. The van der Waals surface area contributed by atoms with Crippen LogP contribution in [-0.4, -0.2) is 52.8 Å². The molecule has 0 radical (unpaired) electrons. The van der Waals surface area contributed by atoms with E-state index in [2.05, 4.69) is 24.9 Å². The van der Waals surface area contributed by atoms with Crippen LogP contribution in [0.5, 0.6) is 11.5 Å². The molecule has 0 aliphatic rings. The van der Waals surface area contributed by atoms with Crippen LogP contribution >= 0.6 is 11.8 Å². The molecule has 0 saturated heterocycles. The maximum absolute atomic E-state index is 5.42. The second kappa shape index (κ2) is 9.56. The number of methoxy groups -OCH3 is 3. The fourth-order valence-corrected chi connectivity index (χ4v) is 3.48. The SMILES string of the molecule is COCCCn1c(SCc2nc(C)no2)nnc1-c1ccc(OC)c(OC)c1. The van der Waals surface area contributed by atoms with Gasteiger partial charge in [-0.1, -0.05) is 16.9 Å². The molecule has 0 fully saturated rings. The summed E-state index contributed by atoms with van der Waals surface area (Å²) in [5.74, 6) is 3.75. The molecule has 0 N–H and O–H groups in total. The van der Waals surface area contributed by atoms with E-state index in [1.165, 1.54) is 11.8 Å². The average Bonchev–Trinajstić information content (AvgIpc) is 3.32. The van der Waals surface area contributed by atoms with Crippen molar-refractivity contribution >= 4 is 11.8 Å². The first-order valence-electron chi connectivity index (χ1n) is 8.72. The van der Waals surface area contributed by atoms with Crippen LogP contribution < -0.4 is 9.47 Å². The van der Waals surface area contributed by atoms with Crippen LogP contribution in [0.15, 0.2) is 27.9 Å². The number of hydrogen-bond acceptors (Lipinski definition) is 9. The zero-order valence-corrected chi connectivity index (χ0v) is 17.2. The van der Waals surface area contributed by atoms with Crippen molar-refractivity contribution in [2.45, 2.75) is 30.8 Å². The van der Waals surface area contributed by atoms with Crippen LogP contribution in [0.3, 0.4) is 0 Å². The number of benzene rings is 1. The van der Waals surface area contributed by atoms with Crippen LogP contribution in [0, 0.1) is 6.92 Å². The van der Waals surface area contributed by atoms with E-state index < -0.39 is 0 Å². The monoisotopic (exact) mass is 405 g/mol. The Morgan fingerprint density at radius 1 is 1.11 bits per heavy atom. The van der Waals surface area contributed by atoms with Gasteiger partial charge < -0.3 is 23.3 Å². The maximum Gasteiger partial charge on any atom is 0.237 e. The summed E-state index contributed by atoms with van der Waals surface area (Å²) in [6.45, 7) is 3.16. The second-order valence-electron chi connectivity index (χ2n) is 5.90. The first kappa shape index (κ1) is 20.2. The number of aryl methyl sites for hydroxylation is 1.